The average molecular weight is 237 g/mol. The molecule has 0 radical (unpaired) electrons. The number of carbonyl (C=O) groups excluding carboxylic acids is 1. The monoisotopic (exact) mass is 237 g/mol. The summed E-state index contributed by atoms with van der Waals surface area (Å²) in [6, 6.07) is 4.20. The second-order valence-corrected chi connectivity index (χ2v) is 4.15. The minimum absolute atomic E-state index is 0.121. The molecule has 17 heavy (non-hydrogen) atoms. The fourth-order valence-corrected chi connectivity index (χ4v) is 1.39. The molecule has 0 aliphatic heterocycles. The zero-order valence-electron chi connectivity index (χ0n) is 9.73. The normalized spacial score (nSPS) is 10.3. The van der Waals surface area contributed by atoms with E-state index in [4.69, 9.17) is 5.11 Å². The van der Waals surface area contributed by atoms with E-state index in [1.165, 1.54) is 18.2 Å². The molecule has 0 spiro atoms. The number of hydrogen-bond acceptors (Lipinski definition) is 3. The highest BCUT2D eigenvalue weighted by atomic mass is 16.4. The highest BCUT2D eigenvalue weighted by Crippen LogP contribution is 2.27. The molecule has 0 unspecified atom stereocenters. The quantitative estimate of drug-likeness (QED) is 0.700. The molecule has 1 aromatic carbocycles. The molecule has 0 fully saturated rings. The number of nitrogens with one attached hydrogen (secondary N) is 1. The minimum atomic E-state index is -1.23. The van der Waals surface area contributed by atoms with E-state index in [1.54, 1.807) is 0 Å². The van der Waals surface area contributed by atoms with Crippen LogP contribution in [0.5, 0.6) is 5.75 Å². The molecule has 0 bridgehead atoms. The molecular weight excluding hydrogens is 222 g/mol. The number of aromatic carboxylic acids is 1. The molecule has 3 N–H and O–H groups in total. The van der Waals surface area contributed by atoms with Crippen molar-refractivity contribution < 1.29 is 19.8 Å². The molecule has 0 aromatic heterocycles. The largest absolute Gasteiger partial charge is 0.505 e. The first kappa shape index (κ1) is 13.0. The molecule has 0 saturated heterocycles. The lowest BCUT2D eigenvalue weighted by atomic mass is 10.1. The number of carbonyl (C=O) groups is 2. The smallest absolute Gasteiger partial charge is 0.339 e. The van der Waals surface area contributed by atoms with Crippen molar-refractivity contribution in [1.29, 1.82) is 0 Å². The van der Waals surface area contributed by atoms with Crippen molar-refractivity contribution in [3.8, 4) is 5.75 Å². The van der Waals surface area contributed by atoms with E-state index < -0.39 is 11.7 Å². The predicted octanol–water partition coefficient (Wildman–Crippen LogP) is 2.07. The summed E-state index contributed by atoms with van der Waals surface area (Å²) in [5.41, 5.74) is -0.108. The highest BCUT2D eigenvalue weighted by Gasteiger charge is 2.14. The van der Waals surface area contributed by atoms with Crippen LogP contribution in [-0.2, 0) is 4.79 Å². The molecule has 0 atom stereocenters. The third-order valence-corrected chi connectivity index (χ3v) is 2.13. The Morgan fingerprint density at radius 3 is 2.53 bits per heavy atom. The lowest BCUT2D eigenvalue weighted by Crippen LogP contribution is -2.14. The number of anilines is 1. The standard InChI is InChI=1S/C12H15NO4/c1-7(2)6-10(14)13-9-5-3-4-8(11(9)15)12(16)17/h3-5,7,15H,6H2,1-2H3,(H,13,14)(H,16,17). The molecule has 1 aromatic rings. The van der Waals surface area contributed by atoms with Crippen LogP contribution in [0.4, 0.5) is 5.69 Å². The van der Waals surface area contributed by atoms with Crippen LogP contribution in [0.2, 0.25) is 0 Å². The Morgan fingerprint density at radius 1 is 1.35 bits per heavy atom. The summed E-state index contributed by atoms with van der Waals surface area (Å²) in [6.07, 6.45) is 0.316. The van der Waals surface area contributed by atoms with Crippen molar-refractivity contribution >= 4 is 17.6 Å². The van der Waals surface area contributed by atoms with Crippen LogP contribution in [0.1, 0.15) is 30.6 Å². The van der Waals surface area contributed by atoms with Crippen LogP contribution in [0.25, 0.3) is 0 Å². The van der Waals surface area contributed by atoms with Gasteiger partial charge in [0, 0.05) is 6.42 Å². The lowest BCUT2D eigenvalue weighted by molar-refractivity contribution is -0.116. The molecule has 0 aliphatic rings. The first-order valence-electron chi connectivity index (χ1n) is 5.27. The van der Waals surface area contributed by atoms with Gasteiger partial charge in [-0.25, -0.2) is 4.79 Å². The maximum Gasteiger partial charge on any atom is 0.339 e. The maximum absolute atomic E-state index is 11.5. The Kier molecular flexibility index (Phi) is 4.09. The summed E-state index contributed by atoms with van der Waals surface area (Å²) in [4.78, 5) is 22.3. The van der Waals surface area contributed by atoms with Gasteiger partial charge >= 0.3 is 5.97 Å². The Bertz CT molecular complexity index is 440. The van der Waals surface area contributed by atoms with Gasteiger partial charge in [0.05, 0.1) is 5.69 Å². The number of hydrogen-bond donors (Lipinski definition) is 3. The predicted molar refractivity (Wildman–Crippen MR) is 63.2 cm³/mol. The Morgan fingerprint density at radius 2 is 2.00 bits per heavy atom. The van der Waals surface area contributed by atoms with Crippen LogP contribution in [-0.4, -0.2) is 22.1 Å². The highest BCUT2D eigenvalue weighted by molar-refractivity contribution is 5.97. The van der Waals surface area contributed by atoms with Crippen LogP contribution >= 0.6 is 0 Å². The summed E-state index contributed by atoms with van der Waals surface area (Å²) in [5.74, 6) is -1.71. The second-order valence-electron chi connectivity index (χ2n) is 4.15. The van der Waals surface area contributed by atoms with E-state index in [9.17, 15) is 14.7 Å². The van der Waals surface area contributed by atoms with E-state index in [0.29, 0.717) is 6.42 Å². The van der Waals surface area contributed by atoms with E-state index in [1.807, 2.05) is 13.8 Å². The molecule has 0 aliphatic carbocycles. The number of aromatic hydroxyl groups is 1. The van der Waals surface area contributed by atoms with Gasteiger partial charge in [-0.1, -0.05) is 19.9 Å². The van der Waals surface area contributed by atoms with Crippen LogP contribution in [0.3, 0.4) is 0 Å². The molecule has 92 valence electrons. The van der Waals surface area contributed by atoms with Gasteiger partial charge in [0.25, 0.3) is 0 Å². The Labute approximate surface area is 99.1 Å². The summed E-state index contributed by atoms with van der Waals surface area (Å²) in [7, 11) is 0. The van der Waals surface area contributed by atoms with Gasteiger partial charge in [0.1, 0.15) is 5.56 Å². The Hall–Kier alpha value is -2.04. The third kappa shape index (κ3) is 3.48. The molecule has 1 rings (SSSR count). The summed E-state index contributed by atoms with van der Waals surface area (Å²) < 4.78 is 0. The van der Waals surface area contributed by atoms with Crippen molar-refractivity contribution in [2.24, 2.45) is 5.92 Å². The fourth-order valence-electron chi connectivity index (χ4n) is 1.39. The van der Waals surface area contributed by atoms with E-state index in [-0.39, 0.29) is 23.1 Å². The summed E-state index contributed by atoms with van der Waals surface area (Å²) in [6.45, 7) is 3.79. The minimum Gasteiger partial charge on any atom is -0.505 e. The number of phenols is 1. The third-order valence-electron chi connectivity index (χ3n) is 2.13. The van der Waals surface area contributed by atoms with Gasteiger partial charge in [-0.15, -0.1) is 0 Å². The number of amides is 1. The number of benzene rings is 1. The van der Waals surface area contributed by atoms with Crippen molar-refractivity contribution in [2.45, 2.75) is 20.3 Å². The molecule has 0 heterocycles. The SMILES string of the molecule is CC(C)CC(=O)Nc1cccc(C(=O)O)c1O. The number of carboxylic acids is 1. The number of para-hydroxylation sites is 1. The van der Waals surface area contributed by atoms with Gasteiger partial charge in [-0.2, -0.15) is 0 Å². The van der Waals surface area contributed by atoms with Gasteiger partial charge in [-0.3, -0.25) is 4.79 Å². The van der Waals surface area contributed by atoms with Crippen molar-refractivity contribution in [3.05, 3.63) is 23.8 Å². The van der Waals surface area contributed by atoms with Crippen molar-refractivity contribution in [2.75, 3.05) is 5.32 Å². The lowest BCUT2D eigenvalue weighted by Gasteiger charge is -2.10. The molecule has 1 amide bonds. The first-order chi connectivity index (χ1) is 7.91. The number of rotatable bonds is 4. The van der Waals surface area contributed by atoms with Crippen LogP contribution in [0, 0.1) is 5.92 Å². The first-order valence-corrected chi connectivity index (χ1v) is 5.27. The zero-order valence-corrected chi connectivity index (χ0v) is 9.73. The van der Waals surface area contributed by atoms with Gasteiger partial charge < -0.3 is 15.5 Å². The fraction of sp³-hybridized carbons (Fsp3) is 0.333. The molecule has 0 saturated carbocycles. The molecule has 5 nitrogen and oxygen atoms in total. The summed E-state index contributed by atoms with van der Waals surface area (Å²) in [5, 5.41) is 20.9. The van der Waals surface area contributed by atoms with E-state index in [2.05, 4.69) is 5.32 Å². The average Bonchev–Trinajstić information content (AvgIpc) is 2.19. The Balaban J connectivity index is 2.89. The van der Waals surface area contributed by atoms with E-state index in [0.717, 1.165) is 0 Å². The second kappa shape index (κ2) is 5.34. The van der Waals surface area contributed by atoms with Gasteiger partial charge in [0.2, 0.25) is 5.91 Å². The van der Waals surface area contributed by atoms with Crippen molar-refractivity contribution in [3.63, 3.8) is 0 Å². The topological polar surface area (TPSA) is 86.6 Å². The van der Waals surface area contributed by atoms with Gasteiger partial charge in [0.15, 0.2) is 5.75 Å². The maximum atomic E-state index is 11.5. The zero-order chi connectivity index (χ0) is 13.0. The number of carboxylic acid groups (broad SMARTS) is 1. The van der Waals surface area contributed by atoms with Crippen LogP contribution < -0.4 is 5.32 Å². The van der Waals surface area contributed by atoms with Crippen LogP contribution in [0.15, 0.2) is 18.2 Å². The van der Waals surface area contributed by atoms with Gasteiger partial charge in [-0.05, 0) is 18.1 Å². The summed E-state index contributed by atoms with van der Waals surface area (Å²) >= 11 is 0. The van der Waals surface area contributed by atoms with Crippen molar-refractivity contribution in [1.82, 2.24) is 0 Å². The van der Waals surface area contributed by atoms with E-state index >= 15 is 0 Å². The molecule has 5 heteroatoms. The molecular formula is C12H15NO4.